The van der Waals surface area contributed by atoms with Crippen LogP contribution in [0.1, 0.15) is 49.1 Å². The molecule has 112 valence electrons. The van der Waals surface area contributed by atoms with Crippen molar-refractivity contribution >= 4 is 16.9 Å². The molecule has 0 saturated heterocycles. The minimum atomic E-state index is 0.000723. The van der Waals surface area contributed by atoms with Gasteiger partial charge in [0.05, 0.1) is 22.2 Å². The Morgan fingerprint density at radius 1 is 1.00 bits per heavy atom. The van der Waals surface area contributed by atoms with Gasteiger partial charge in [0.15, 0.2) is 0 Å². The van der Waals surface area contributed by atoms with E-state index in [1.165, 1.54) is 49.1 Å². The molecule has 4 aliphatic carbocycles. The fourth-order valence-electron chi connectivity index (χ4n) is 6.03. The van der Waals surface area contributed by atoms with Crippen molar-refractivity contribution in [1.82, 2.24) is 4.98 Å². The minimum Gasteiger partial charge on any atom is -0.393 e. The van der Waals surface area contributed by atoms with Gasteiger partial charge < -0.3 is 5.11 Å². The number of aliphatic hydroxyl groups is 1. The topological polar surface area (TPSA) is 33.1 Å². The zero-order valence-electron chi connectivity index (χ0n) is 12.4. The van der Waals surface area contributed by atoms with E-state index in [1.54, 1.807) is 5.57 Å². The predicted molar refractivity (Wildman–Crippen MR) is 85.0 cm³/mol. The van der Waals surface area contributed by atoms with Gasteiger partial charge in [0.25, 0.3) is 0 Å². The summed E-state index contributed by atoms with van der Waals surface area (Å²) in [6, 6.07) is 0. The molecular formula is C18H23NOS. The third-order valence-electron chi connectivity index (χ3n) is 6.89. The monoisotopic (exact) mass is 301 g/mol. The van der Waals surface area contributed by atoms with Crippen molar-refractivity contribution in [3.63, 3.8) is 0 Å². The van der Waals surface area contributed by atoms with Crippen LogP contribution in [0.4, 0.5) is 0 Å². The molecule has 21 heavy (non-hydrogen) atoms. The molecule has 4 aliphatic rings. The molecule has 6 atom stereocenters. The number of aliphatic hydroxyl groups excluding tert-OH is 1. The molecule has 1 heterocycles. The maximum Gasteiger partial charge on any atom is 0.0801 e. The van der Waals surface area contributed by atoms with E-state index in [0.29, 0.717) is 5.92 Å². The lowest BCUT2D eigenvalue weighted by Gasteiger charge is -2.48. The number of aryl methyl sites for hydroxylation is 1. The van der Waals surface area contributed by atoms with Gasteiger partial charge in [0, 0.05) is 0 Å². The maximum atomic E-state index is 10.2. The van der Waals surface area contributed by atoms with Crippen LogP contribution in [0.3, 0.4) is 0 Å². The van der Waals surface area contributed by atoms with Gasteiger partial charge in [-0.1, -0.05) is 6.08 Å². The van der Waals surface area contributed by atoms with Crippen LogP contribution in [0.5, 0.6) is 0 Å². The number of aromatic nitrogens is 1. The Labute approximate surface area is 130 Å². The summed E-state index contributed by atoms with van der Waals surface area (Å²) in [7, 11) is 0. The molecule has 0 amide bonds. The zero-order chi connectivity index (χ0) is 14.0. The molecule has 1 aromatic rings. The average Bonchev–Trinajstić information content (AvgIpc) is 3.13. The molecule has 0 aromatic carbocycles. The van der Waals surface area contributed by atoms with Crippen LogP contribution < -0.4 is 0 Å². The van der Waals surface area contributed by atoms with Crippen LogP contribution in [0, 0.1) is 29.6 Å². The first-order valence-corrected chi connectivity index (χ1v) is 9.51. The first-order valence-electron chi connectivity index (χ1n) is 8.64. The molecule has 0 bridgehead atoms. The Hall–Kier alpha value is -0.670. The first-order chi connectivity index (χ1) is 10.3. The van der Waals surface area contributed by atoms with Crippen molar-refractivity contribution in [3.05, 3.63) is 22.2 Å². The average molecular weight is 301 g/mol. The second kappa shape index (κ2) is 4.66. The van der Waals surface area contributed by atoms with Crippen molar-refractivity contribution in [2.45, 2.75) is 51.0 Å². The van der Waals surface area contributed by atoms with Crippen LogP contribution in [0.2, 0.25) is 0 Å². The highest BCUT2D eigenvalue weighted by Gasteiger charge is 2.49. The molecule has 3 heteroatoms. The minimum absolute atomic E-state index is 0.000723. The SMILES string of the molecule is OC1CCC2C1CCC1C3CCc4ncsc4C3=CCC12. The van der Waals surface area contributed by atoms with Gasteiger partial charge in [-0.05, 0) is 80.1 Å². The van der Waals surface area contributed by atoms with Gasteiger partial charge in [0.2, 0.25) is 0 Å². The van der Waals surface area contributed by atoms with Crippen LogP contribution >= 0.6 is 11.3 Å². The van der Waals surface area contributed by atoms with Crippen molar-refractivity contribution in [2.24, 2.45) is 29.6 Å². The first kappa shape index (κ1) is 12.8. The number of thiazole rings is 1. The van der Waals surface area contributed by atoms with E-state index in [0.717, 1.165) is 30.1 Å². The van der Waals surface area contributed by atoms with Crippen molar-refractivity contribution in [3.8, 4) is 0 Å². The highest BCUT2D eigenvalue weighted by molar-refractivity contribution is 7.11. The molecule has 0 radical (unpaired) electrons. The Morgan fingerprint density at radius 3 is 2.81 bits per heavy atom. The number of hydrogen-bond acceptors (Lipinski definition) is 3. The van der Waals surface area contributed by atoms with Crippen molar-refractivity contribution in [1.29, 1.82) is 0 Å². The largest absolute Gasteiger partial charge is 0.393 e. The van der Waals surface area contributed by atoms with Crippen LogP contribution in [0.25, 0.3) is 5.57 Å². The zero-order valence-corrected chi connectivity index (χ0v) is 13.2. The molecule has 6 unspecified atom stereocenters. The number of fused-ring (bicyclic) bond motifs is 7. The smallest absolute Gasteiger partial charge is 0.0801 e. The molecule has 2 nitrogen and oxygen atoms in total. The lowest BCUT2D eigenvalue weighted by atomic mass is 9.57. The van der Waals surface area contributed by atoms with Gasteiger partial charge in [0.1, 0.15) is 0 Å². The number of rotatable bonds is 0. The number of allylic oxidation sites excluding steroid dienone is 2. The van der Waals surface area contributed by atoms with Gasteiger partial charge in [-0.15, -0.1) is 11.3 Å². The summed E-state index contributed by atoms with van der Waals surface area (Å²) < 4.78 is 0. The standard InChI is InChI=1S/C18H23NOS/c20-17-8-6-12-10-2-4-15-13(11(10)1-3-14(12)17)5-7-16-18(15)21-9-19-16/h4,9-14,17,20H,1-3,5-8H2. The fraction of sp³-hybridized carbons (Fsp3) is 0.722. The molecule has 0 aliphatic heterocycles. The highest BCUT2D eigenvalue weighted by Crippen LogP contribution is 2.57. The second-order valence-electron chi connectivity index (χ2n) is 7.55. The van der Waals surface area contributed by atoms with E-state index in [2.05, 4.69) is 11.1 Å². The van der Waals surface area contributed by atoms with Crippen LogP contribution in [-0.2, 0) is 6.42 Å². The summed E-state index contributed by atoms with van der Waals surface area (Å²) >= 11 is 1.85. The van der Waals surface area contributed by atoms with E-state index in [9.17, 15) is 5.11 Å². The Balaban J connectivity index is 1.51. The summed E-state index contributed by atoms with van der Waals surface area (Å²) in [5.41, 5.74) is 5.02. The number of nitrogens with zero attached hydrogens (tertiary/aromatic N) is 1. The highest BCUT2D eigenvalue weighted by atomic mass is 32.1. The van der Waals surface area contributed by atoms with Gasteiger partial charge in [-0.25, -0.2) is 4.98 Å². The molecule has 1 aromatic heterocycles. The summed E-state index contributed by atoms with van der Waals surface area (Å²) in [5, 5.41) is 10.2. The Kier molecular flexibility index (Phi) is 2.85. The Morgan fingerprint density at radius 2 is 1.86 bits per heavy atom. The van der Waals surface area contributed by atoms with Gasteiger partial charge >= 0.3 is 0 Å². The second-order valence-corrected chi connectivity index (χ2v) is 8.40. The van der Waals surface area contributed by atoms with Crippen LogP contribution in [-0.4, -0.2) is 16.2 Å². The molecule has 1 N–H and O–H groups in total. The molecular weight excluding hydrogens is 278 g/mol. The Bertz CT molecular complexity index is 592. The van der Waals surface area contributed by atoms with Crippen molar-refractivity contribution < 1.29 is 5.11 Å². The number of hydrogen-bond donors (Lipinski definition) is 1. The maximum absolute atomic E-state index is 10.2. The molecule has 2 saturated carbocycles. The molecule has 0 spiro atoms. The normalized spacial score (nSPS) is 44.3. The molecule has 2 fully saturated rings. The summed E-state index contributed by atoms with van der Waals surface area (Å²) in [6.07, 6.45) is 11.2. The van der Waals surface area contributed by atoms with E-state index >= 15 is 0 Å². The summed E-state index contributed by atoms with van der Waals surface area (Å²) in [5.74, 6) is 3.94. The third-order valence-corrected chi connectivity index (χ3v) is 7.81. The summed E-state index contributed by atoms with van der Waals surface area (Å²) in [4.78, 5) is 6.06. The predicted octanol–water partition coefficient (Wildman–Crippen LogP) is 3.91. The molecule has 5 rings (SSSR count). The van der Waals surface area contributed by atoms with Gasteiger partial charge in [-0.3, -0.25) is 0 Å². The van der Waals surface area contributed by atoms with E-state index < -0.39 is 0 Å². The van der Waals surface area contributed by atoms with Crippen molar-refractivity contribution in [2.75, 3.05) is 0 Å². The summed E-state index contributed by atoms with van der Waals surface area (Å²) in [6.45, 7) is 0. The van der Waals surface area contributed by atoms with E-state index in [-0.39, 0.29) is 6.10 Å². The van der Waals surface area contributed by atoms with E-state index in [1.807, 2.05) is 16.8 Å². The van der Waals surface area contributed by atoms with Gasteiger partial charge in [-0.2, -0.15) is 0 Å². The quantitative estimate of drug-likeness (QED) is 0.788. The third kappa shape index (κ3) is 1.77. The lowest BCUT2D eigenvalue weighted by molar-refractivity contribution is 0.0279. The lowest BCUT2D eigenvalue weighted by Crippen LogP contribution is -2.41. The fourth-order valence-corrected chi connectivity index (χ4v) is 6.98. The van der Waals surface area contributed by atoms with Crippen LogP contribution in [0.15, 0.2) is 11.6 Å². The van der Waals surface area contributed by atoms with E-state index in [4.69, 9.17) is 0 Å².